The van der Waals surface area contributed by atoms with Crippen LogP contribution in [0.1, 0.15) is 18.4 Å². The van der Waals surface area contributed by atoms with Crippen molar-refractivity contribution in [3.8, 4) is 0 Å². The molecule has 1 rings (SSSR count). The molecule has 1 unspecified atom stereocenters. The van der Waals surface area contributed by atoms with Crippen molar-refractivity contribution >= 4 is 7.60 Å². The van der Waals surface area contributed by atoms with Crippen LogP contribution in [0.25, 0.3) is 0 Å². The van der Waals surface area contributed by atoms with E-state index in [1.807, 2.05) is 30.3 Å². The van der Waals surface area contributed by atoms with Gasteiger partial charge in [-0.15, -0.1) is 0 Å². The smallest absolute Gasteiger partial charge is 0.325 e. The lowest BCUT2D eigenvalue weighted by atomic mass is 10.2. The predicted molar refractivity (Wildman–Crippen MR) is 67.0 cm³/mol. The van der Waals surface area contributed by atoms with Crippen LogP contribution in [0, 0.1) is 0 Å². The topological polar surface area (TPSA) is 55.8 Å². The second-order valence-corrected chi connectivity index (χ2v) is 5.75. The van der Waals surface area contributed by atoms with Crippen molar-refractivity contribution in [2.24, 2.45) is 0 Å². The molecule has 0 spiro atoms. The Morgan fingerprint density at radius 1 is 1.18 bits per heavy atom. The van der Waals surface area contributed by atoms with E-state index in [1.165, 1.54) is 6.66 Å². The van der Waals surface area contributed by atoms with Crippen molar-refractivity contribution < 1.29 is 18.7 Å². The molecule has 0 fully saturated rings. The van der Waals surface area contributed by atoms with Gasteiger partial charge in [0.1, 0.15) is 0 Å². The standard InChI is InChI=1S/C12H19O4P/c1-17(13,14)16-10-6-5-9-15-11-12-7-3-2-4-8-12/h2-4,7-8H,5-6,9-11H2,1H3,(H,13,14). The largest absolute Gasteiger partial charge is 0.377 e. The van der Waals surface area contributed by atoms with Crippen LogP contribution in [-0.2, 0) is 20.4 Å². The molecular formula is C12H19O4P. The highest BCUT2D eigenvalue weighted by Crippen LogP contribution is 2.36. The summed E-state index contributed by atoms with van der Waals surface area (Å²) in [6, 6.07) is 9.96. The second kappa shape index (κ2) is 7.62. The molecule has 1 aromatic rings. The van der Waals surface area contributed by atoms with E-state index in [2.05, 4.69) is 0 Å². The second-order valence-electron chi connectivity index (χ2n) is 3.88. The molecule has 0 saturated carbocycles. The SMILES string of the molecule is CP(=O)(O)OCCCCOCc1ccccc1. The van der Waals surface area contributed by atoms with Gasteiger partial charge in [-0.25, -0.2) is 0 Å². The fraction of sp³-hybridized carbons (Fsp3) is 0.500. The molecule has 4 nitrogen and oxygen atoms in total. The third kappa shape index (κ3) is 8.11. The van der Waals surface area contributed by atoms with Gasteiger partial charge >= 0.3 is 7.60 Å². The normalized spacial score (nSPS) is 14.5. The summed E-state index contributed by atoms with van der Waals surface area (Å²) in [6.45, 7) is 2.74. The minimum absolute atomic E-state index is 0.305. The van der Waals surface area contributed by atoms with Crippen LogP contribution in [-0.4, -0.2) is 24.8 Å². The van der Waals surface area contributed by atoms with E-state index in [0.717, 1.165) is 18.4 Å². The molecule has 0 aliphatic rings. The Bertz CT molecular complexity index is 347. The average Bonchev–Trinajstić information content (AvgIpc) is 2.28. The van der Waals surface area contributed by atoms with Crippen LogP contribution in [0.2, 0.25) is 0 Å². The summed E-state index contributed by atoms with van der Waals surface area (Å²) in [7, 11) is -3.31. The molecule has 0 heterocycles. The van der Waals surface area contributed by atoms with E-state index < -0.39 is 7.60 Å². The maximum atomic E-state index is 10.8. The van der Waals surface area contributed by atoms with Crippen LogP contribution < -0.4 is 0 Å². The summed E-state index contributed by atoms with van der Waals surface area (Å²) < 4.78 is 21.0. The zero-order valence-corrected chi connectivity index (χ0v) is 10.9. The summed E-state index contributed by atoms with van der Waals surface area (Å²) in [5, 5.41) is 0. The summed E-state index contributed by atoms with van der Waals surface area (Å²) in [5.74, 6) is 0. The molecule has 5 heteroatoms. The first-order chi connectivity index (χ1) is 8.08. The number of unbranched alkanes of at least 4 members (excludes halogenated alkanes) is 1. The van der Waals surface area contributed by atoms with Crippen molar-refractivity contribution in [3.63, 3.8) is 0 Å². The molecule has 17 heavy (non-hydrogen) atoms. The monoisotopic (exact) mass is 258 g/mol. The molecule has 0 aliphatic heterocycles. The molecule has 1 atom stereocenters. The van der Waals surface area contributed by atoms with Crippen molar-refractivity contribution in [1.82, 2.24) is 0 Å². The van der Waals surface area contributed by atoms with Crippen LogP contribution in [0.5, 0.6) is 0 Å². The van der Waals surface area contributed by atoms with E-state index in [4.69, 9.17) is 14.2 Å². The molecule has 0 aromatic heterocycles. The zero-order valence-electron chi connectivity index (χ0n) is 10.0. The van der Waals surface area contributed by atoms with Crippen molar-refractivity contribution in [1.29, 1.82) is 0 Å². The Labute approximate surface area is 102 Å². The van der Waals surface area contributed by atoms with Gasteiger partial charge < -0.3 is 14.2 Å². The van der Waals surface area contributed by atoms with E-state index in [9.17, 15) is 4.57 Å². The van der Waals surface area contributed by atoms with E-state index in [1.54, 1.807) is 0 Å². The fourth-order valence-electron chi connectivity index (χ4n) is 1.30. The molecule has 1 aromatic carbocycles. The maximum absolute atomic E-state index is 10.8. The predicted octanol–water partition coefficient (Wildman–Crippen LogP) is 2.82. The minimum Gasteiger partial charge on any atom is -0.377 e. The quantitative estimate of drug-likeness (QED) is 0.575. The van der Waals surface area contributed by atoms with Gasteiger partial charge in [-0.1, -0.05) is 30.3 Å². The summed E-state index contributed by atoms with van der Waals surface area (Å²) in [5.41, 5.74) is 1.15. The molecular weight excluding hydrogens is 239 g/mol. The molecule has 0 aliphatic carbocycles. The minimum atomic E-state index is -3.31. The Morgan fingerprint density at radius 2 is 1.82 bits per heavy atom. The number of benzene rings is 1. The lowest BCUT2D eigenvalue weighted by Gasteiger charge is -2.07. The Morgan fingerprint density at radius 3 is 2.47 bits per heavy atom. The lowest BCUT2D eigenvalue weighted by Crippen LogP contribution is -1.98. The third-order valence-electron chi connectivity index (χ3n) is 2.13. The highest BCUT2D eigenvalue weighted by atomic mass is 31.2. The van der Waals surface area contributed by atoms with Crippen molar-refractivity contribution in [3.05, 3.63) is 35.9 Å². The van der Waals surface area contributed by atoms with Crippen molar-refractivity contribution in [2.75, 3.05) is 19.9 Å². The highest BCUT2D eigenvalue weighted by molar-refractivity contribution is 7.51. The zero-order chi connectivity index (χ0) is 12.6. The Hall–Kier alpha value is -0.670. The Kier molecular flexibility index (Phi) is 6.45. The van der Waals surface area contributed by atoms with E-state index in [-0.39, 0.29) is 0 Å². The van der Waals surface area contributed by atoms with Gasteiger partial charge in [0.25, 0.3) is 0 Å². The average molecular weight is 258 g/mol. The first-order valence-electron chi connectivity index (χ1n) is 5.64. The number of ether oxygens (including phenoxy) is 1. The van der Waals surface area contributed by atoms with Gasteiger partial charge in [-0.3, -0.25) is 4.57 Å². The Balaban J connectivity index is 1.97. The third-order valence-corrected chi connectivity index (χ3v) is 2.79. The molecule has 96 valence electrons. The molecule has 0 amide bonds. The number of rotatable bonds is 8. The first kappa shape index (κ1) is 14.4. The highest BCUT2D eigenvalue weighted by Gasteiger charge is 2.08. The molecule has 0 radical (unpaired) electrons. The van der Waals surface area contributed by atoms with E-state index >= 15 is 0 Å². The van der Waals surface area contributed by atoms with Gasteiger partial charge in [-0.2, -0.15) is 0 Å². The van der Waals surface area contributed by atoms with Crippen LogP contribution in [0.4, 0.5) is 0 Å². The fourth-order valence-corrected chi connectivity index (χ4v) is 1.77. The molecule has 0 bridgehead atoms. The van der Waals surface area contributed by atoms with Gasteiger partial charge in [0.15, 0.2) is 0 Å². The van der Waals surface area contributed by atoms with Gasteiger partial charge in [0, 0.05) is 13.3 Å². The summed E-state index contributed by atoms with van der Waals surface area (Å²) in [4.78, 5) is 8.87. The van der Waals surface area contributed by atoms with Gasteiger partial charge in [-0.05, 0) is 18.4 Å². The van der Waals surface area contributed by atoms with Crippen molar-refractivity contribution in [2.45, 2.75) is 19.4 Å². The van der Waals surface area contributed by atoms with Gasteiger partial charge in [0.2, 0.25) is 0 Å². The number of hydrogen-bond donors (Lipinski definition) is 1. The summed E-state index contributed by atoms with van der Waals surface area (Å²) in [6.07, 6.45) is 1.56. The van der Waals surface area contributed by atoms with Crippen LogP contribution in [0.3, 0.4) is 0 Å². The maximum Gasteiger partial charge on any atom is 0.325 e. The molecule has 1 N–H and O–H groups in total. The first-order valence-corrected chi connectivity index (χ1v) is 7.67. The van der Waals surface area contributed by atoms with Gasteiger partial charge in [0.05, 0.1) is 13.2 Å². The number of hydrogen-bond acceptors (Lipinski definition) is 3. The molecule has 0 saturated heterocycles. The summed E-state index contributed by atoms with van der Waals surface area (Å²) >= 11 is 0. The van der Waals surface area contributed by atoms with Crippen LogP contribution in [0.15, 0.2) is 30.3 Å². The lowest BCUT2D eigenvalue weighted by molar-refractivity contribution is 0.113. The van der Waals surface area contributed by atoms with Crippen LogP contribution >= 0.6 is 7.60 Å². The van der Waals surface area contributed by atoms with E-state index in [0.29, 0.717) is 19.8 Å².